The van der Waals surface area contributed by atoms with E-state index in [2.05, 4.69) is 4.90 Å². The fourth-order valence-corrected chi connectivity index (χ4v) is 3.89. The van der Waals surface area contributed by atoms with Gasteiger partial charge in [0.2, 0.25) is 0 Å². The number of methoxy groups -OCH3 is 1. The summed E-state index contributed by atoms with van der Waals surface area (Å²) in [5, 5.41) is 0. The zero-order valence-electron chi connectivity index (χ0n) is 22.3. The average molecular weight is 520 g/mol. The fourth-order valence-electron chi connectivity index (χ4n) is 3.89. The summed E-state index contributed by atoms with van der Waals surface area (Å²) >= 11 is 0. The lowest BCUT2D eigenvalue weighted by Crippen LogP contribution is -2.28. The van der Waals surface area contributed by atoms with Gasteiger partial charge in [-0.25, -0.2) is 4.79 Å². The highest BCUT2D eigenvalue weighted by Gasteiger charge is 2.10. The molecule has 0 aliphatic carbocycles. The maximum absolute atomic E-state index is 11.7. The summed E-state index contributed by atoms with van der Waals surface area (Å²) < 4.78 is 21.6. The van der Waals surface area contributed by atoms with Crippen molar-refractivity contribution in [2.75, 3.05) is 33.4 Å². The van der Waals surface area contributed by atoms with Crippen molar-refractivity contribution in [3.8, 4) is 11.5 Å². The predicted octanol–water partition coefficient (Wildman–Crippen LogP) is 6.02. The molecule has 7 nitrogen and oxygen atoms in total. The summed E-state index contributed by atoms with van der Waals surface area (Å²) in [6.07, 6.45) is 2.08. The van der Waals surface area contributed by atoms with Gasteiger partial charge >= 0.3 is 11.9 Å². The third-order valence-corrected chi connectivity index (χ3v) is 5.91. The Hall–Kier alpha value is -3.68. The topological polar surface area (TPSA) is 74.3 Å². The van der Waals surface area contributed by atoms with Gasteiger partial charge in [0.15, 0.2) is 0 Å². The smallest absolute Gasteiger partial charge is 0.337 e. The largest absolute Gasteiger partial charge is 0.466 e. The van der Waals surface area contributed by atoms with Crippen molar-refractivity contribution in [2.24, 2.45) is 0 Å². The van der Waals surface area contributed by atoms with Crippen LogP contribution in [-0.4, -0.2) is 50.3 Å². The first kappa shape index (κ1) is 28.9. The Labute approximate surface area is 225 Å². The van der Waals surface area contributed by atoms with Crippen LogP contribution in [0.2, 0.25) is 0 Å². The molecule has 0 bridgehead atoms. The molecule has 3 rings (SSSR count). The number of nitrogens with zero attached hydrogens (tertiary/aromatic N) is 1. The summed E-state index contributed by atoms with van der Waals surface area (Å²) in [6, 6.07) is 25.0. The lowest BCUT2D eigenvalue weighted by Gasteiger charge is -2.22. The lowest BCUT2D eigenvalue weighted by molar-refractivity contribution is -0.143. The second kappa shape index (κ2) is 16.2. The predicted molar refractivity (Wildman–Crippen MR) is 146 cm³/mol. The van der Waals surface area contributed by atoms with E-state index in [0.29, 0.717) is 31.8 Å². The number of ether oxygens (including phenoxy) is 4. The van der Waals surface area contributed by atoms with Crippen molar-refractivity contribution < 1.29 is 28.5 Å². The van der Waals surface area contributed by atoms with Crippen molar-refractivity contribution >= 4 is 11.9 Å². The molecule has 0 spiro atoms. The molecule has 7 heteroatoms. The molecule has 0 amide bonds. The molecular formula is C31H37NO6. The van der Waals surface area contributed by atoms with E-state index in [1.165, 1.54) is 7.11 Å². The first-order valence-electron chi connectivity index (χ1n) is 13.0. The van der Waals surface area contributed by atoms with E-state index in [1.54, 1.807) is 12.1 Å². The van der Waals surface area contributed by atoms with Gasteiger partial charge in [0.05, 0.1) is 32.5 Å². The Bertz CT molecular complexity index is 1100. The van der Waals surface area contributed by atoms with E-state index >= 15 is 0 Å². The normalized spacial score (nSPS) is 10.8. The summed E-state index contributed by atoms with van der Waals surface area (Å²) in [7, 11) is 1.38. The number of hydrogen-bond acceptors (Lipinski definition) is 7. The van der Waals surface area contributed by atoms with Crippen LogP contribution in [-0.2, 0) is 32.2 Å². The van der Waals surface area contributed by atoms with Crippen LogP contribution in [0.15, 0.2) is 78.9 Å². The Morgan fingerprint density at radius 3 is 2.16 bits per heavy atom. The first-order chi connectivity index (χ1) is 18.6. The SMILES string of the molecule is CCOC(=O)CCCCN(CCOCc1ccc(Oc2ccccc2)cc1)Cc1ccc(C(=O)OC)cc1. The monoisotopic (exact) mass is 519 g/mol. The minimum Gasteiger partial charge on any atom is -0.466 e. The van der Waals surface area contributed by atoms with Crippen molar-refractivity contribution in [2.45, 2.75) is 39.3 Å². The fraction of sp³-hybridized carbons (Fsp3) is 0.355. The third kappa shape index (κ3) is 10.4. The summed E-state index contributed by atoms with van der Waals surface area (Å²) in [6.45, 7) is 5.59. The molecule has 3 aromatic rings. The first-order valence-corrected chi connectivity index (χ1v) is 13.0. The van der Waals surface area contributed by atoms with Gasteiger partial charge in [-0.1, -0.05) is 42.5 Å². The van der Waals surface area contributed by atoms with Crippen LogP contribution in [0.4, 0.5) is 0 Å². The van der Waals surface area contributed by atoms with Gasteiger partial charge in [-0.05, 0) is 73.8 Å². The van der Waals surface area contributed by atoms with Gasteiger partial charge in [0.1, 0.15) is 11.5 Å². The summed E-state index contributed by atoms with van der Waals surface area (Å²) in [5.41, 5.74) is 2.70. The van der Waals surface area contributed by atoms with Crippen LogP contribution >= 0.6 is 0 Å². The number of unbranched alkanes of at least 4 members (excludes halogenated alkanes) is 1. The molecule has 0 fully saturated rings. The van der Waals surface area contributed by atoms with Gasteiger partial charge in [-0.15, -0.1) is 0 Å². The summed E-state index contributed by atoms with van der Waals surface area (Å²) in [4.78, 5) is 25.7. The molecule has 0 radical (unpaired) electrons. The molecule has 0 aliphatic rings. The number of carbonyl (C=O) groups is 2. The second-order valence-electron chi connectivity index (χ2n) is 8.84. The minimum absolute atomic E-state index is 0.152. The molecule has 0 atom stereocenters. The molecule has 0 saturated heterocycles. The van der Waals surface area contributed by atoms with Gasteiger partial charge in [0, 0.05) is 19.5 Å². The van der Waals surface area contributed by atoms with Crippen molar-refractivity contribution in [3.05, 3.63) is 95.6 Å². The van der Waals surface area contributed by atoms with E-state index in [9.17, 15) is 9.59 Å². The maximum atomic E-state index is 11.7. The molecule has 3 aromatic carbocycles. The van der Waals surface area contributed by atoms with E-state index in [0.717, 1.165) is 55.1 Å². The number of hydrogen-bond donors (Lipinski definition) is 0. The van der Waals surface area contributed by atoms with Crippen molar-refractivity contribution in [3.63, 3.8) is 0 Å². The molecule has 0 aliphatic heterocycles. The number of rotatable bonds is 16. The van der Waals surface area contributed by atoms with Crippen molar-refractivity contribution in [1.29, 1.82) is 0 Å². The molecular weight excluding hydrogens is 482 g/mol. The average Bonchev–Trinajstić information content (AvgIpc) is 2.94. The standard InChI is InChI=1S/C31H37NO6/c1-3-37-30(33)11-7-8-20-32(23-25-12-16-27(17-13-25)31(34)35-2)21-22-36-24-26-14-18-29(19-15-26)38-28-9-5-4-6-10-28/h4-6,9-10,12-19H,3,7-8,11,20-24H2,1-2H3. The summed E-state index contributed by atoms with van der Waals surface area (Å²) in [5.74, 6) is 1.09. The van der Waals surface area contributed by atoms with E-state index in [4.69, 9.17) is 18.9 Å². The lowest BCUT2D eigenvalue weighted by atomic mass is 10.1. The van der Waals surface area contributed by atoms with E-state index in [-0.39, 0.29) is 11.9 Å². The molecule has 0 saturated carbocycles. The highest BCUT2D eigenvalue weighted by atomic mass is 16.5. The Morgan fingerprint density at radius 2 is 1.47 bits per heavy atom. The number of benzene rings is 3. The van der Waals surface area contributed by atoms with Gasteiger partial charge < -0.3 is 18.9 Å². The zero-order chi connectivity index (χ0) is 27.0. The van der Waals surface area contributed by atoms with Gasteiger partial charge in [-0.3, -0.25) is 9.69 Å². The number of para-hydroxylation sites is 1. The van der Waals surface area contributed by atoms with Crippen LogP contribution < -0.4 is 4.74 Å². The molecule has 0 unspecified atom stereocenters. The maximum Gasteiger partial charge on any atom is 0.337 e. The van der Waals surface area contributed by atoms with Crippen LogP contribution in [0.3, 0.4) is 0 Å². The van der Waals surface area contributed by atoms with Crippen molar-refractivity contribution in [1.82, 2.24) is 4.90 Å². The van der Waals surface area contributed by atoms with Gasteiger partial charge in [0.25, 0.3) is 0 Å². The Kier molecular flexibility index (Phi) is 12.3. The Balaban J connectivity index is 1.47. The van der Waals surface area contributed by atoms with Crippen LogP contribution in [0, 0.1) is 0 Å². The quantitative estimate of drug-likeness (QED) is 0.169. The van der Waals surface area contributed by atoms with Crippen LogP contribution in [0.5, 0.6) is 11.5 Å². The van der Waals surface area contributed by atoms with E-state index in [1.807, 2.05) is 73.7 Å². The van der Waals surface area contributed by atoms with Crippen LogP contribution in [0.25, 0.3) is 0 Å². The molecule has 0 heterocycles. The minimum atomic E-state index is -0.347. The molecule has 0 aromatic heterocycles. The zero-order valence-corrected chi connectivity index (χ0v) is 22.3. The Morgan fingerprint density at radius 1 is 0.789 bits per heavy atom. The molecule has 38 heavy (non-hydrogen) atoms. The second-order valence-corrected chi connectivity index (χ2v) is 8.84. The third-order valence-electron chi connectivity index (χ3n) is 5.91. The van der Waals surface area contributed by atoms with E-state index < -0.39 is 0 Å². The van der Waals surface area contributed by atoms with Crippen LogP contribution in [0.1, 0.15) is 47.7 Å². The van der Waals surface area contributed by atoms with Gasteiger partial charge in [-0.2, -0.15) is 0 Å². The highest BCUT2D eigenvalue weighted by molar-refractivity contribution is 5.89. The molecule has 202 valence electrons. The molecule has 0 N–H and O–H groups in total. The number of carbonyl (C=O) groups excluding carboxylic acids is 2. The highest BCUT2D eigenvalue weighted by Crippen LogP contribution is 2.21. The number of esters is 2.